The number of hydrogen-bond donors (Lipinski definition) is 1. The Morgan fingerprint density at radius 1 is 1.18 bits per heavy atom. The van der Waals surface area contributed by atoms with Gasteiger partial charge >= 0.3 is 0 Å². The minimum absolute atomic E-state index is 0.902. The molecule has 3 heteroatoms. The van der Waals surface area contributed by atoms with Crippen molar-refractivity contribution in [3.8, 4) is 0 Å². The van der Waals surface area contributed by atoms with Gasteiger partial charge in [-0.25, -0.2) is 0 Å². The van der Waals surface area contributed by atoms with E-state index in [1.165, 1.54) is 57.1 Å². The van der Waals surface area contributed by atoms with Crippen LogP contribution in [-0.4, -0.2) is 49.1 Å². The average Bonchev–Trinajstić information content (AvgIpc) is 2.98. The molecular formula is C14H24N2S. The van der Waals surface area contributed by atoms with Crippen LogP contribution in [-0.2, 0) is 0 Å². The van der Waals surface area contributed by atoms with Crippen molar-refractivity contribution in [2.24, 2.45) is 17.8 Å². The van der Waals surface area contributed by atoms with E-state index in [0.29, 0.717) is 0 Å². The van der Waals surface area contributed by atoms with Crippen molar-refractivity contribution in [1.29, 1.82) is 0 Å². The molecule has 0 spiro atoms. The Morgan fingerprint density at radius 2 is 2.06 bits per heavy atom. The fourth-order valence-electron chi connectivity index (χ4n) is 3.48. The first-order valence-corrected chi connectivity index (χ1v) is 8.26. The van der Waals surface area contributed by atoms with Crippen molar-refractivity contribution in [1.82, 2.24) is 10.2 Å². The van der Waals surface area contributed by atoms with Crippen LogP contribution in [0.4, 0.5) is 0 Å². The second-order valence-electron chi connectivity index (χ2n) is 5.70. The molecule has 0 aromatic carbocycles. The van der Waals surface area contributed by atoms with Crippen LogP contribution in [0.3, 0.4) is 0 Å². The molecule has 0 aromatic rings. The van der Waals surface area contributed by atoms with Crippen LogP contribution in [0.2, 0.25) is 0 Å². The molecule has 2 fully saturated rings. The van der Waals surface area contributed by atoms with E-state index in [-0.39, 0.29) is 0 Å². The molecule has 0 radical (unpaired) electrons. The molecule has 2 aliphatic carbocycles. The highest BCUT2D eigenvalue weighted by atomic mass is 32.2. The molecule has 17 heavy (non-hydrogen) atoms. The number of thioether (sulfide) groups is 1. The molecule has 1 heterocycles. The highest BCUT2D eigenvalue weighted by molar-refractivity contribution is 7.99. The van der Waals surface area contributed by atoms with Crippen LogP contribution < -0.4 is 5.32 Å². The molecule has 1 aliphatic heterocycles. The van der Waals surface area contributed by atoms with Crippen LogP contribution in [0.25, 0.3) is 0 Å². The lowest BCUT2D eigenvalue weighted by molar-refractivity contribution is 0.295. The summed E-state index contributed by atoms with van der Waals surface area (Å²) in [4.78, 5) is 2.60. The Kier molecular flexibility index (Phi) is 4.09. The van der Waals surface area contributed by atoms with Gasteiger partial charge in [0.1, 0.15) is 0 Å². The lowest BCUT2D eigenvalue weighted by Crippen LogP contribution is -2.39. The Balaban J connectivity index is 1.29. The largest absolute Gasteiger partial charge is 0.315 e. The van der Waals surface area contributed by atoms with Crippen LogP contribution in [0.5, 0.6) is 0 Å². The van der Waals surface area contributed by atoms with Crippen molar-refractivity contribution >= 4 is 11.8 Å². The lowest BCUT2D eigenvalue weighted by Gasteiger charge is -2.26. The Labute approximate surface area is 109 Å². The topological polar surface area (TPSA) is 15.3 Å². The van der Waals surface area contributed by atoms with Crippen LogP contribution >= 0.6 is 11.8 Å². The quantitative estimate of drug-likeness (QED) is 0.594. The summed E-state index contributed by atoms with van der Waals surface area (Å²) in [6, 6.07) is 0. The number of nitrogens with one attached hydrogen (secondary N) is 1. The standard InChI is InChI=1S/C14H24N2S/c1-2-13-9-12(1)10-14(13)11-15-3-4-16-5-7-17-8-6-16/h1-2,12-15H,3-11H2. The highest BCUT2D eigenvalue weighted by Gasteiger charge is 2.34. The SMILES string of the molecule is C1=CC2CC1CC2CNCCN1CCSCC1. The van der Waals surface area contributed by atoms with Gasteiger partial charge in [-0.1, -0.05) is 12.2 Å². The van der Waals surface area contributed by atoms with Gasteiger partial charge in [0.15, 0.2) is 0 Å². The summed E-state index contributed by atoms with van der Waals surface area (Å²) in [7, 11) is 0. The third kappa shape index (κ3) is 3.07. The second-order valence-corrected chi connectivity index (χ2v) is 6.92. The summed E-state index contributed by atoms with van der Waals surface area (Å²) in [5.74, 6) is 5.42. The summed E-state index contributed by atoms with van der Waals surface area (Å²) in [6.45, 7) is 6.26. The summed E-state index contributed by atoms with van der Waals surface area (Å²) >= 11 is 2.10. The van der Waals surface area contributed by atoms with E-state index in [2.05, 4.69) is 34.1 Å². The molecule has 3 rings (SSSR count). The van der Waals surface area contributed by atoms with Gasteiger partial charge in [0, 0.05) is 37.7 Å². The van der Waals surface area contributed by atoms with Gasteiger partial charge in [0.25, 0.3) is 0 Å². The molecule has 3 aliphatic rings. The number of allylic oxidation sites excluding steroid dienone is 2. The van der Waals surface area contributed by atoms with E-state index >= 15 is 0 Å². The third-order valence-corrected chi connectivity index (χ3v) is 5.47. The molecule has 2 bridgehead atoms. The van der Waals surface area contributed by atoms with E-state index in [9.17, 15) is 0 Å². The van der Waals surface area contributed by atoms with E-state index < -0.39 is 0 Å². The zero-order valence-electron chi connectivity index (χ0n) is 10.6. The Hall–Kier alpha value is 0.0100. The van der Waals surface area contributed by atoms with E-state index in [0.717, 1.165) is 17.8 Å². The summed E-state index contributed by atoms with van der Waals surface area (Å²) in [5, 5.41) is 3.68. The Morgan fingerprint density at radius 3 is 2.76 bits per heavy atom. The van der Waals surface area contributed by atoms with Gasteiger partial charge in [-0.05, 0) is 37.1 Å². The molecule has 2 nitrogen and oxygen atoms in total. The molecule has 96 valence electrons. The minimum Gasteiger partial charge on any atom is -0.315 e. The van der Waals surface area contributed by atoms with Crippen molar-refractivity contribution in [2.45, 2.75) is 12.8 Å². The van der Waals surface area contributed by atoms with Crippen molar-refractivity contribution in [3.63, 3.8) is 0 Å². The lowest BCUT2D eigenvalue weighted by atomic mass is 9.94. The predicted molar refractivity (Wildman–Crippen MR) is 75.5 cm³/mol. The monoisotopic (exact) mass is 252 g/mol. The number of hydrogen-bond acceptors (Lipinski definition) is 3. The first-order valence-electron chi connectivity index (χ1n) is 7.11. The molecule has 1 saturated heterocycles. The van der Waals surface area contributed by atoms with Crippen LogP contribution in [0.15, 0.2) is 12.2 Å². The fourth-order valence-corrected chi connectivity index (χ4v) is 4.46. The van der Waals surface area contributed by atoms with Crippen molar-refractivity contribution in [2.75, 3.05) is 44.2 Å². The zero-order valence-corrected chi connectivity index (χ0v) is 11.4. The molecular weight excluding hydrogens is 228 g/mol. The molecule has 0 amide bonds. The summed E-state index contributed by atoms with van der Waals surface area (Å²) < 4.78 is 0. The summed E-state index contributed by atoms with van der Waals surface area (Å²) in [6.07, 6.45) is 7.78. The predicted octanol–water partition coefficient (Wildman–Crippen LogP) is 1.84. The minimum atomic E-state index is 0.902. The van der Waals surface area contributed by atoms with Crippen LogP contribution in [0.1, 0.15) is 12.8 Å². The van der Waals surface area contributed by atoms with Crippen molar-refractivity contribution < 1.29 is 0 Å². The van der Waals surface area contributed by atoms with Crippen LogP contribution in [0, 0.1) is 17.8 Å². The van der Waals surface area contributed by atoms with Gasteiger partial charge in [0.2, 0.25) is 0 Å². The first kappa shape index (κ1) is 12.1. The maximum absolute atomic E-state index is 3.68. The molecule has 1 saturated carbocycles. The van der Waals surface area contributed by atoms with Gasteiger partial charge in [0.05, 0.1) is 0 Å². The zero-order chi connectivity index (χ0) is 11.5. The number of nitrogens with zero attached hydrogens (tertiary/aromatic N) is 1. The second kappa shape index (κ2) is 5.77. The number of rotatable bonds is 5. The Bertz CT molecular complexity index is 273. The fraction of sp³-hybridized carbons (Fsp3) is 0.857. The maximum Gasteiger partial charge on any atom is 0.0107 e. The van der Waals surface area contributed by atoms with Gasteiger partial charge in [-0.15, -0.1) is 0 Å². The normalized spacial score (nSPS) is 36.8. The average molecular weight is 252 g/mol. The highest BCUT2D eigenvalue weighted by Crippen LogP contribution is 2.42. The summed E-state index contributed by atoms with van der Waals surface area (Å²) in [5.41, 5.74) is 0. The number of fused-ring (bicyclic) bond motifs is 2. The van der Waals surface area contributed by atoms with Gasteiger partial charge in [-0.3, -0.25) is 0 Å². The third-order valence-electron chi connectivity index (χ3n) is 4.53. The smallest absolute Gasteiger partial charge is 0.0107 e. The molecule has 3 atom stereocenters. The van der Waals surface area contributed by atoms with E-state index in [4.69, 9.17) is 0 Å². The van der Waals surface area contributed by atoms with E-state index in [1.807, 2.05) is 0 Å². The van der Waals surface area contributed by atoms with Crippen molar-refractivity contribution in [3.05, 3.63) is 12.2 Å². The first-order chi connectivity index (χ1) is 8.42. The van der Waals surface area contributed by atoms with Gasteiger partial charge in [-0.2, -0.15) is 11.8 Å². The maximum atomic E-state index is 3.68. The molecule has 1 N–H and O–H groups in total. The molecule has 0 aromatic heterocycles. The molecule has 3 unspecified atom stereocenters. The van der Waals surface area contributed by atoms with Gasteiger partial charge < -0.3 is 10.2 Å². The van der Waals surface area contributed by atoms with E-state index in [1.54, 1.807) is 0 Å².